The lowest BCUT2D eigenvalue weighted by molar-refractivity contribution is 0.0698. The van der Waals surface area contributed by atoms with Gasteiger partial charge in [-0.2, -0.15) is 10.2 Å². The van der Waals surface area contributed by atoms with Crippen LogP contribution in [0.3, 0.4) is 0 Å². The molecular weight excluding hydrogens is 663 g/mol. The minimum absolute atomic E-state index is 0.0782. The molecule has 12 heteroatoms. The van der Waals surface area contributed by atoms with E-state index in [1.165, 1.54) is 6.20 Å². The maximum Gasteiger partial charge on any atom is 0.336 e. The van der Waals surface area contributed by atoms with Crippen molar-refractivity contribution in [2.75, 3.05) is 18.1 Å². The summed E-state index contributed by atoms with van der Waals surface area (Å²) in [5, 5.41) is 24.3. The number of anilines is 1. The molecule has 2 N–H and O–H groups in total. The number of aromatic carboxylic acids is 1. The van der Waals surface area contributed by atoms with Crippen LogP contribution in [-0.4, -0.2) is 54.7 Å². The summed E-state index contributed by atoms with van der Waals surface area (Å²) < 4.78 is 10.1. The van der Waals surface area contributed by atoms with Gasteiger partial charge in [-0.3, -0.25) is 14.6 Å². The van der Waals surface area contributed by atoms with Gasteiger partial charge >= 0.3 is 5.97 Å². The number of carbonyl (C=O) groups is 2. The number of carboxylic acid groups (broad SMARTS) is 1. The molecule has 1 atom stereocenters. The normalized spacial score (nSPS) is 14.7. The SMILES string of the molecule is Cc1cc(OCCCc2c3n(c4c(-c5c(C)nn(C)c5C)c(Cl)ccc24)[C@H](C)CN(c2cc(C(=O)O)c4cn[nH]c4c2)C3=O)cc(C)c1Cl. The Balaban J connectivity index is 1.37. The topological polar surface area (TPSA) is 118 Å². The van der Waals surface area contributed by atoms with E-state index in [0.717, 1.165) is 60.9 Å². The molecule has 3 aromatic carbocycles. The van der Waals surface area contributed by atoms with E-state index in [-0.39, 0.29) is 17.5 Å². The molecule has 0 fully saturated rings. The van der Waals surface area contributed by atoms with Gasteiger partial charge in [0.05, 0.1) is 40.1 Å². The maximum atomic E-state index is 14.8. The first-order valence-corrected chi connectivity index (χ1v) is 16.9. The molecule has 6 aromatic rings. The second kappa shape index (κ2) is 12.3. The van der Waals surface area contributed by atoms with E-state index >= 15 is 0 Å². The van der Waals surface area contributed by atoms with E-state index in [0.29, 0.717) is 53.3 Å². The van der Waals surface area contributed by atoms with Crippen molar-refractivity contribution in [3.63, 3.8) is 0 Å². The number of fused-ring (bicyclic) bond motifs is 4. The Bertz CT molecular complexity index is 2310. The van der Waals surface area contributed by atoms with Crippen LogP contribution < -0.4 is 9.64 Å². The van der Waals surface area contributed by atoms with Crippen LogP contribution in [-0.2, 0) is 13.5 Å². The quantitative estimate of drug-likeness (QED) is 0.154. The smallest absolute Gasteiger partial charge is 0.336 e. The standard InChI is InChI=1S/C37H36Cl2N6O4/c1-18-12-24(13-19(2)33(18)39)49-11-7-8-25-26-9-10-29(38)32(31-21(4)42-43(6)22(31)5)34(26)45-20(3)17-44(36(46)35(25)45)23-14-27(37(47)48)28-16-40-41-30(28)15-23/h9-10,12-16,20H,7-8,11,17H2,1-6H3,(H,40,41)(H,47,48)/t20-/m1/s1. The fourth-order valence-electron chi connectivity index (χ4n) is 7.32. The molecule has 0 radical (unpaired) electrons. The first kappa shape index (κ1) is 32.7. The van der Waals surface area contributed by atoms with Gasteiger partial charge in [-0.1, -0.05) is 29.3 Å². The first-order valence-electron chi connectivity index (χ1n) is 16.1. The summed E-state index contributed by atoms with van der Waals surface area (Å²) >= 11 is 13.4. The van der Waals surface area contributed by atoms with E-state index < -0.39 is 5.97 Å². The molecule has 4 heterocycles. The zero-order chi connectivity index (χ0) is 34.9. The van der Waals surface area contributed by atoms with Crippen LogP contribution in [0.2, 0.25) is 10.0 Å². The molecule has 0 unspecified atom stereocenters. The van der Waals surface area contributed by atoms with E-state index in [1.807, 2.05) is 63.7 Å². The average Bonchev–Trinajstić information content (AvgIpc) is 3.73. The van der Waals surface area contributed by atoms with Crippen molar-refractivity contribution >= 4 is 62.6 Å². The number of aryl methyl sites for hydroxylation is 5. The van der Waals surface area contributed by atoms with Crippen molar-refractivity contribution in [2.24, 2.45) is 7.05 Å². The predicted octanol–water partition coefficient (Wildman–Crippen LogP) is 8.39. The zero-order valence-electron chi connectivity index (χ0n) is 28.1. The number of carbonyl (C=O) groups excluding carboxylic acids is 1. The first-order chi connectivity index (χ1) is 23.4. The Morgan fingerprint density at radius 3 is 2.47 bits per heavy atom. The van der Waals surface area contributed by atoms with Crippen molar-refractivity contribution in [2.45, 2.75) is 53.5 Å². The van der Waals surface area contributed by atoms with Crippen LogP contribution in [0.5, 0.6) is 5.75 Å². The highest BCUT2D eigenvalue weighted by Gasteiger charge is 2.37. The molecule has 3 aromatic heterocycles. The van der Waals surface area contributed by atoms with Crippen molar-refractivity contribution in [1.82, 2.24) is 24.5 Å². The lowest BCUT2D eigenvalue weighted by Gasteiger charge is -2.34. The summed E-state index contributed by atoms with van der Waals surface area (Å²) in [5.41, 5.74) is 8.95. The monoisotopic (exact) mass is 698 g/mol. The summed E-state index contributed by atoms with van der Waals surface area (Å²) in [5.74, 6) is -0.557. The molecule has 0 saturated carbocycles. The number of carboxylic acids is 1. The van der Waals surface area contributed by atoms with Crippen molar-refractivity contribution in [3.8, 4) is 16.9 Å². The average molecular weight is 700 g/mol. The number of aromatic nitrogens is 5. The van der Waals surface area contributed by atoms with E-state index in [1.54, 1.807) is 17.0 Å². The minimum Gasteiger partial charge on any atom is -0.494 e. The van der Waals surface area contributed by atoms with Crippen LogP contribution in [0, 0.1) is 27.7 Å². The number of aromatic amines is 1. The van der Waals surface area contributed by atoms with Gasteiger partial charge in [0.15, 0.2) is 0 Å². The van der Waals surface area contributed by atoms with Crippen LogP contribution >= 0.6 is 23.2 Å². The number of hydrogen-bond acceptors (Lipinski definition) is 5. The third-order valence-corrected chi connectivity index (χ3v) is 10.6. The summed E-state index contributed by atoms with van der Waals surface area (Å²) in [6.45, 7) is 10.7. The second-order valence-corrected chi connectivity index (χ2v) is 13.7. The van der Waals surface area contributed by atoms with E-state index in [9.17, 15) is 14.7 Å². The predicted molar refractivity (Wildman–Crippen MR) is 193 cm³/mol. The highest BCUT2D eigenvalue weighted by atomic mass is 35.5. The molecule has 7 rings (SSSR count). The molecule has 49 heavy (non-hydrogen) atoms. The molecule has 1 aliphatic rings. The number of nitrogens with one attached hydrogen (secondary N) is 1. The number of ether oxygens (including phenoxy) is 1. The Labute approximate surface area is 293 Å². The lowest BCUT2D eigenvalue weighted by Crippen LogP contribution is -2.42. The van der Waals surface area contributed by atoms with E-state index in [2.05, 4.69) is 26.8 Å². The number of H-pyrrole nitrogens is 1. The molecule has 0 aliphatic carbocycles. The highest BCUT2D eigenvalue weighted by molar-refractivity contribution is 6.35. The van der Waals surface area contributed by atoms with Crippen LogP contribution in [0.1, 0.15) is 68.3 Å². The van der Waals surface area contributed by atoms with Gasteiger partial charge < -0.3 is 19.3 Å². The van der Waals surface area contributed by atoms with Crippen molar-refractivity contribution < 1.29 is 19.4 Å². The second-order valence-electron chi connectivity index (χ2n) is 12.9. The van der Waals surface area contributed by atoms with Gasteiger partial charge in [-0.25, -0.2) is 4.79 Å². The summed E-state index contributed by atoms with van der Waals surface area (Å²) in [6.07, 6.45) is 2.69. The van der Waals surface area contributed by atoms with Gasteiger partial charge in [-0.15, -0.1) is 0 Å². The molecule has 0 saturated heterocycles. The fraction of sp³-hybridized carbons (Fsp3) is 0.297. The summed E-state index contributed by atoms with van der Waals surface area (Å²) in [7, 11) is 1.91. The lowest BCUT2D eigenvalue weighted by atomic mass is 9.98. The number of nitrogens with zero attached hydrogens (tertiary/aromatic N) is 5. The number of halogens is 2. The summed E-state index contributed by atoms with van der Waals surface area (Å²) in [4.78, 5) is 28.7. The number of benzene rings is 3. The fourth-order valence-corrected chi connectivity index (χ4v) is 7.68. The molecule has 0 spiro atoms. The molecule has 252 valence electrons. The van der Waals surface area contributed by atoms with Gasteiger partial charge in [0.1, 0.15) is 11.4 Å². The Hall–Kier alpha value is -4.80. The summed E-state index contributed by atoms with van der Waals surface area (Å²) in [6, 6.07) is 10.9. The maximum absolute atomic E-state index is 14.8. The zero-order valence-corrected chi connectivity index (χ0v) is 29.6. The van der Waals surface area contributed by atoms with Crippen LogP contribution in [0.25, 0.3) is 32.9 Å². The largest absolute Gasteiger partial charge is 0.494 e. The van der Waals surface area contributed by atoms with Gasteiger partial charge in [0.25, 0.3) is 5.91 Å². The molecule has 1 aliphatic heterocycles. The van der Waals surface area contributed by atoms with E-state index in [4.69, 9.17) is 27.9 Å². The third-order valence-electron chi connectivity index (χ3n) is 9.65. The molecule has 0 bridgehead atoms. The molecular formula is C37H36Cl2N6O4. The van der Waals surface area contributed by atoms with Gasteiger partial charge in [0.2, 0.25) is 0 Å². The van der Waals surface area contributed by atoms with Gasteiger partial charge in [-0.05, 0) is 94.5 Å². The van der Waals surface area contributed by atoms with Crippen LogP contribution in [0.4, 0.5) is 5.69 Å². The van der Waals surface area contributed by atoms with Crippen molar-refractivity contribution in [1.29, 1.82) is 0 Å². The number of hydrogen-bond donors (Lipinski definition) is 2. The van der Waals surface area contributed by atoms with Crippen molar-refractivity contribution in [3.05, 3.63) is 92.0 Å². The van der Waals surface area contributed by atoms with Crippen LogP contribution in [0.15, 0.2) is 42.6 Å². The molecule has 1 amide bonds. The Morgan fingerprint density at radius 2 is 1.80 bits per heavy atom. The Kier molecular flexibility index (Phi) is 8.19. The van der Waals surface area contributed by atoms with Gasteiger partial charge in [0, 0.05) is 57.9 Å². The Morgan fingerprint density at radius 1 is 1.06 bits per heavy atom. The number of rotatable bonds is 8. The minimum atomic E-state index is -1.09. The third kappa shape index (κ3) is 5.34. The highest BCUT2D eigenvalue weighted by Crippen LogP contribution is 2.45. The number of amides is 1. The molecule has 10 nitrogen and oxygen atoms in total.